The molecule has 3 aliphatic heterocycles. The Kier molecular flexibility index (Phi) is 5.81. The number of morpholine rings is 1. The molecule has 0 radical (unpaired) electrons. The van der Waals surface area contributed by atoms with Crippen molar-refractivity contribution in [3.8, 4) is 0 Å². The number of likely N-dealkylation sites (N-methyl/N-ethyl adjacent to an activating group) is 1. The molecule has 27 heavy (non-hydrogen) atoms. The van der Waals surface area contributed by atoms with Gasteiger partial charge in [-0.1, -0.05) is 30.3 Å². The summed E-state index contributed by atoms with van der Waals surface area (Å²) in [6, 6.07) is 10.8. The molecule has 4 rings (SSSR count). The van der Waals surface area contributed by atoms with Gasteiger partial charge in [-0.2, -0.15) is 0 Å². The Bertz CT molecular complexity index is 622. The summed E-state index contributed by atoms with van der Waals surface area (Å²) in [6.45, 7) is 8.08. The average Bonchev–Trinajstić information content (AvgIpc) is 2.98. The molecule has 1 amide bonds. The van der Waals surface area contributed by atoms with E-state index in [1.165, 1.54) is 13.0 Å². The Balaban J connectivity index is 1.28. The molecule has 0 bridgehead atoms. The van der Waals surface area contributed by atoms with Crippen LogP contribution in [0.15, 0.2) is 30.3 Å². The number of rotatable bonds is 4. The Hall–Kier alpha value is -1.43. The predicted molar refractivity (Wildman–Crippen MR) is 107 cm³/mol. The number of hydrogen-bond acceptors (Lipinski definition) is 4. The van der Waals surface area contributed by atoms with Gasteiger partial charge in [0.25, 0.3) is 0 Å². The van der Waals surface area contributed by atoms with Gasteiger partial charge < -0.3 is 14.5 Å². The van der Waals surface area contributed by atoms with Gasteiger partial charge in [-0.25, -0.2) is 0 Å². The van der Waals surface area contributed by atoms with E-state index in [-0.39, 0.29) is 5.91 Å². The maximum absolute atomic E-state index is 12.7. The lowest BCUT2D eigenvalue weighted by atomic mass is 9.76. The SMILES string of the molecule is CN1CC2(CCN(C(=O)Cc3ccccc3)CC2)CC1CN1CCOCC1. The molecule has 0 saturated carbocycles. The van der Waals surface area contributed by atoms with Crippen LogP contribution in [0.4, 0.5) is 0 Å². The number of nitrogens with zero attached hydrogens (tertiary/aromatic N) is 3. The molecule has 5 heteroatoms. The molecule has 1 aromatic rings. The van der Waals surface area contributed by atoms with E-state index in [4.69, 9.17) is 4.74 Å². The second-order valence-electron chi connectivity index (χ2n) is 8.73. The van der Waals surface area contributed by atoms with Gasteiger partial charge in [0, 0.05) is 45.3 Å². The predicted octanol–water partition coefficient (Wildman–Crippen LogP) is 1.87. The quantitative estimate of drug-likeness (QED) is 0.810. The van der Waals surface area contributed by atoms with Crippen LogP contribution >= 0.6 is 0 Å². The molecule has 1 atom stereocenters. The minimum atomic E-state index is 0.285. The third kappa shape index (κ3) is 4.53. The smallest absolute Gasteiger partial charge is 0.226 e. The van der Waals surface area contributed by atoms with E-state index < -0.39 is 0 Å². The summed E-state index contributed by atoms with van der Waals surface area (Å²) in [5.74, 6) is 0.285. The van der Waals surface area contributed by atoms with Crippen LogP contribution in [0.2, 0.25) is 0 Å². The molecule has 3 aliphatic rings. The highest BCUT2D eigenvalue weighted by atomic mass is 16.5. The Morgan fingerprint density at radius 1 is 1.11 bits per heavy atom. The fraction of sp³-hybridized carbons (Fsp3) is 0.682. The maximum Gasteiger partial charge on any atom is 0.226 e. The molecular weight excluding hydrogens is 338 g/mol. The van der Waals surface area contributed by atoms with Crippen molar-refractivity contribution in [1.82, 2.24) is 14.7 Å². The summed E-state index contributed by atoms with van der Waals surface area (Å²) in [7, 11) is 2.28. The maximum atomic E-state index is 12.7. The molecule has 148 valence electrons. The zero-order chi connectivity index (χ0) is 18.7. The number of ether oxygens (including phenoxy) is 1. The van der Waals surface area contributed by atoms with E-state index in [0.717, 1.165) is 64.3 Å². The van der Waals surface area contributed by atoms with Crippen LogP contribution in [-0.2, 0) is 16.0 Å². The van der Waals surface area contributed by atoms with E-state index in [2.05, 4.69) is 21.7 Å². The van der Waals surface area contributed by atoms with Crippen molar-refractivity contribution in [2.75, 3.05) is 59.5 Å². The summed E-state index contributed by atoms with van der Waals surface area (Å²) in [5.41, 5.74) is 1.53. The van der Waals surface area contributed by atoms with Gasteiger partial charge in [0.15, 0.2) is 0 Å². The van der Waals surface area contributed by atoms with Crippen molar-refractivity contribution < 1.29 is 9.53 Å². The molecule has 3 saturated heterocycles. The summed E-state index contributed by atoms with van der Waals surface area (Å²) in [6.07, 6.45) is 4.12. The third-order valence-electron chi connectivity index (χ3n) is 6.82. The molecule has 1 unspecified atom stereocenters. The van der Waals surface area contributed by atoms with Gasteiger partial charge in [0.05, 0.1) is 19.6 Å². The summed E-state index contributed by atoms with van der Waals surface area (Å²) in [4.78, 5) is 19.9. The number of hydrogen-bond donors (Lipinski definition) is 0. The van der Waals surface area contributed by atoms with Gasteiger partial charge >= 0.3 is 0 Å². The van der Waals surface area contributed by atoms with Crippen LogP contribution in [0.3, 0.4) is 0 Å². The zero-order valence-electron chi connectivity index (χ0n) is 16.6. The Labute approximate surface area is 163 Å². The minimum Gasteiger partial charge on any atom is -0.379 e. The minimum absolute atomic E-state index is 0.285. The van der Waals surface area contributed by atoms with Gasteiger partial charge in [-0.15, -0.1) is 0 Å². The molecule has 1 spiro atoms. The van der Waals surface area contributed by atoms with Gasteiger partial charge in [0.2, 0.25) is 5.91 Å². The lowest BCUT2D eigenvalue weighted by Crippen LogP contribution is -2.44. The number of carbonyl (C=O) groups excluding carboxylic acids is 1. The van der Waals surface area contributed by atoms with Crippen LogP contribution in [0.25, 0.3) is 0 Å². The average molecular weight is 372 g/mol. The fourth-order valence-corrected chi connectivity index (χ4v) is 5.14. The topological polar surface area (TPSA) is 36.0 Å². The van der Waals surface area contributed by atoms with E-state index in [1.54, 1.807) is 0 Å². The van der Waals surface area contributed by atoms with Crippen molar-refractivity contribution in [1.29, 1.82) is 0 Å². The second-order valence-corrected chi connectivity index (χ2v) is 8.73. The van der Waals surface area contributed by atoms with Crippen molar-refractivity contribution >= 4 is 5.91 Å². The number of carbonyl (C=O) groups is 1. The highest BCUT2D eigenvalue weighted by Crippen LogP contribution is 2.43. The van der Waals surface area contributed by atoms with Gasteiger partial charge in [-0.3, -0.25) is 9.69 Å². The first-order valence-corrected chi connectivity index (χ1v) is 10.5. The fourth-order valence-electron chi connectivity index (χ4n) is 5.14. The number of benzene rings is 1. The van der Waals surface area contributed by atoms with Crippen LogP contribution in [0, 0.1) is 5.41 Å². The third-order valence-corrected chi connectivity index (χ3v) is 6.82. The van der Waals surface area contributed by atoms with Crippen molar-refractivity contribution in [3.05, 3.63) is 35.9 Å². The summed E-state index contributed by atoms with van der Waals surface area (Å²) in [5, 5.41) is 0. The highest BCUT2D eigenvalue weighted by Gasteiger charge is 2.45. The molecule has 5 nitrogen and oxygen atoms in total. The second kappa shape index (κ2) is 8.29. The lowest BCUT2D eigenvalue weighted by Gasteiger charge is -2.39. The molecule has 3 heterocycles. The molecule has 0 aromatic heterocycles. The standard InChI is InChI=1S/C22H33N3O2/c1-23-18-22(16-20(23)17-24-11-13-27-14-12-24)7-9-25(10-8-22)21(26)15-19-5-3-2-4-6-19/h2-6,20H,7-18H2,1H3. The zero-order valence-corrected chi connectivity index (χ0v) is 16.6. The molecule has 1 aromatic carbocycles. The van der Waals surface area contributed by atoms with Crippen LogP contribution in [0.1, 0.15) is 24.8 Å². The molecule has 0 N–H and O–H groups in total. The van der Waals surface area contributed by atoms with Crippen LogP contribution < -0.4 is 0 Å². The lowest BCUT2D eigenvalue weighted by molar-refractivity contribution is -0.132. The number of likely N-dealkylation sites (tertiary alicyclic amines) is 2. The highest BCUT2D eigenvalue weighted by molar-refractivity contribution is 5.78. The first kappa shape index (κ1) is 18.9. The first-order valence-electron chi connectivity index (χ1n) is 10.5. The normalized spacial score (nSPS) is 26.6. The number of amides is 1. The largest absolute Gasteiger partial charge is 0.379 e. The first-order chi connectivity index (χ1) is 13.1. The molecule has 0 aliphatic carbocycles. The van der Waals surface area contributed by atoms with Crippen molar-refractivity contribution in [2.24, 2.45) is 5.41 Å². The van der Waals surface area contributed by atoms with E-state index in [9.17, 15) is 4.79 Å². The van der Waals surface area contributed by atoms with Crippen molar-refractivity contribution in [2.45, 2.75) is 31.7 Å². The summed E-state index contributed by atoms with van der Waals surface area (Å²) < 4.78 is 5.48. The van der Waals surface area contributed by atoms with Crippen LogP contribution in [0.5, 0.6) is 0 Å². The van der Waals surface area contributed by atoms with E-state index in [1.807, 2.05) is 30.3 Å². The summed E-state index contributed by atoms with van der Waals surface area (Å²) >= 11 is 0. The van der Waals surface area contributed by atoms with Gasteiger partial charge in [-0.05, 0) is 37.3 Å². The van der Waals surface area contributed by atoms with Crippen LogP contribution in [-0.4, -0.2) is 86.2 Å². The van der Waals surface area contributed by atoms with Crippen molar-refractivity contribution in [3.63, 3.8) is 0 Å². The Morgan fingerprint density at radius 3 is 2.52 bits per heavy atom. The Morgan fingerprint density at radius 2 is 1.81 bits per heavy atom. The monoisotopic (exact) mass is 371 g/mol. The number of piperidine rings is 1. The molecular formula is C22H33N3O2. The molecule has 3 fully saturated rings. The van der Waals surface area contributed by atoms with Gasteiger partial charge in [0.1, 0.15) is 0 Å². The van der Waals surface area contributed by atoms with E-state index >= 15 is 0 Å². The van der Waals surface area contributed by atoms with E-state index in [0.29, 0.717) is 17.9 Å².